The molecule has 1 aliphatic rings. The van der Waals surface area contributed by atoms with Crippen LogP contribution in [-0.4, -0.2) is 41.4 Å². The third-order valence-electron chi connectivity index (χ3n) is 2.28. The van der Waals surface area contributed by atoms with Gasteiger partial charge in [0.1, 0.15) is 0 Å². The molecule has 1 aromatic heterocycles. The molecule has 0 aromatic carbocycles. The maximum absolute atomic E-state index is 5.28. The van der Waals surface area contributed by atoms with Crippen LogP contribution in [0.5, 0.6) is 0 Å². The van der Waals surface area contributed by atoms with E-state index in [2.05, 4.69) is 37.2 Å². The molecule has 0 bridgehead atoms. The molecule has 0 saturated carbocycles. The Hall–Kier alpha value is -1.36. The first kappa shape index (κ1) is 11.1. The molecule has 0 N–H and O–H groups in total. The fraction of sp³-hybridized carbons (Fsp3) is 0.500. The number of thiocarbonyl (C=S) groups is 1. The summed E-state index contributed by atoms with van der Waals surface area (Å²) < 4.78 is 5.28. The van der Waals surface area contributed by atoms with Gasteiger partial charge >= 0.3 is 0 Å². The van der Waals surface area contributed by atoms with Crippen molar-refractivity contribution >= 4 is 29.1 Å². The lowest BCUT2D eigenvalue weighted by molar-refractivity contribution is 0.122. The monoisotopic (exact) mass is 236 g/mol. The van der Waals surface area contributed by atoms with Crippen molar-refractivity contribution in [3.63, 3.8) is 0 Å². The van der Waals surface area contributed by atoms with E-state index in [9.17, 15) is 0 Å². The van der Waals surface area contributed by atoms with Crippen LogP contribution in [0, 0.1) is 6.92 Å². The number of aryl methyl sites for hydroxylation is 1. The minimum absolute atomic E-state index is 0.559. The summed E-state index contributed by atoms with van der Waals surface area (Å²) in [5.41, 5.74) is 0.875. The maximum atomic E-state index is 5.28. The van der Waals surface area contributed by atoms with E-state index in [4.69, 9.17) is 4.74 Å². The number of aliphatic imine (C=N–C) groups is 1. The van der Waals surface area contributed by atoms with Gasteiger partial charge in [-0.2, -0.15) is 9.98 Å². The summed E-state index contributed by atoms with van der Waals surface area (Å²) >= 11 is 4.57. The normalized spacial score (nSPS) is 15.7. The van der Waals surface area contributed by atoms with Gasteiger partial charge in [-0.05, 0) is 19.1 Å². The Morgan fingerprint density at radius 2 is 2.19 bits per heavy atom. The Kier molecular flexibility index (Phi) is 3.56. The van der Waals surface area contributed by atoms with E-state index < -0.39 is 0 Å². The van der Waals surface area contributed by atoms with Crippen LogP contribution >= 0.6 is 12.2 Å². The van der Waals surface area contributed by atoms with E-state index in [1.54, 1.807) is 6.07 Å². The predicted molar refractivity (Wildman–Crippen MR) is 64.5 cm³/mol. The van der Waals surface area contributed by atoms with Crippen molar-refractivity contribution in [2.45, 2.75) is 6.92 Å². The van der Waals surface area contributed by atoms with E-state index in [0.29, 0.717) is 25.0 Å². The topological polar surface area (TPSA) is 50.6 Å². The largest absolute Gasteiger partial charge is 0.378 e. The Balaban J connectivity index is 2.28. The highest BCUT2D eigenvalue weighted by atomic mass is 32.1. The Bertz CT molecular complexity index is 425. The lowest BCUT2D eigenvalue weighted by Crippen LogP contribution is -2.37. The van der Waals surface area contributed by atoms with E-state index in [1.165, 1.54) is 0 Å². The van der Waals surface area contributed by atoms with Gasteiger partial charge in [0.2, 0.25) is 5.95 Å². The molecule has 5 nitrogen and oxygen atoms in total. The minimum Gasteiger partial charge on any atom is -0.378 e. The Morgan fingerprint density at radius 3 is 2.88 bits per heavy atom. The van der Waals surface area contributed by atoms with Gasteiger partial charge in [0.05, 0.1) is 18.4 Å². The van der Waals surface area contributed by atoms with Gasteiger partial charge in [-0.3, -0.25) is 0 Å². The van der Waals surface area contributed by atoms with Crippen LogP contribution < -0.4 is 4.90 Å². The molecule has 2 heterocycles. The predicted octanol–water partition coefficient (Wildman–Crippen LogP) is 1.36. The number of hydrogen-bond donors (Lipinski definition) is 0. The highest BCUT2D eigenvalue weighted by molar-refractivity contribution is 7.78. The second-order valence-corrected chi connectivity index (χ2v) is 3.65. The second-order valence-electron chi connectivity index (χ2n) is 3.47. The van der Waals surface area contributed by atoms with Crippen molar-refractivity contribution in [2.24, 2.45) is 4.99 Å². The molecular weight excluding hydrogens is 224 g/mol. The van der Waals surface area contributed by atoms with Gasteiger partial charge in [-0.25, -0.2) is 4.98 Å². The third-order valence-corrected chi connectivity index (χ3v) is 2.37. The SMILES string of the molecule is Cc1cc(N=C=S)nc(N2CCOCC2)n1. The van der Waals surface area contributed by atoms with Crippen molar-refractivity contribution in [2.75, 3.05) is 31.2 Å². The molecule has 0 amide bonds. The zero-order valence-electron chi connectivity index (χ0n) is 9.01. The van der Waals surface area contributed by atoms with Crippen LogP contribution in [0.3, 0.4) is 0 Å². The van der Waals surface area contributed by atoms with Gasteiger partial charge in [0, 0.05) is 24.8 Å². The molecule has 0 unspecified atom stereocenters. The first-order chi connectivity index (χ1) is 7.79. The molecule has 1 aliphatic heterocycles. The first-order valence-corrected chi connectivity index (χ1v) is 5.46. The fourth-order valence-corrected chi connectivity index (χ4v) is 1.64. The van der Waals surface area contributed by atoms with Crippen LogP contribution in [-0.2, 0) is 4.74 Å². The molecule has 84 valence electrons. The quantitative estimate of drug-likeness (QED) is 0.573. The zero-order valence-corrected chi connectivity index (χ0v) is 9.83. The molecule has 0 radical (unpaired) electrons. The van der Waals surface area contributed by atoms with Crippen molar-refractivity contribution in [1.29, 1.82) is 0 Å². The van der Waals surface area contributed by atoms with E-state index in [0.717, 1.165) is 18.8 Å². The highest BCUT2D eigenvalue weighted by Gasteiger charge is 2.14. The summed E-state index contributed by atoms with van der Waals surface area (Å²) in [5.74, 6) is 1.25. The maximum Gasteiger partial charge on any atom is 0.227 e. The molecule has 0 atom stereocenters. The molecule has 16 heavy (non-hydrogen) atoms. The fourth-order valence-electron chi connectivity index (χ4n) is 1.55. The second kappa shape index (κ2) is 5.12. The van der Waals surface area contributed by atoms with Crippen LogP contribution in [0.25, 0.3) is 0 Å². The van der Waals surface area contributed by atoms with Crippen LogP contribution in [0.15, 0.2) is 11.1 Å². The smallest absolute Gasteiger partial charge is 0.227 e. The van der Waals surface area contributed by atoms with Crippen LogP contribution in [0.1, 0.15) is 5.69 Å². The summed E-state index contributed by atoms with van der Waals surface area (Å²) in [5, 5.41) is 2.32. The van der Waals surface area contributed by atoms with Gasteiger partial charge in [-0.1, -0.05) is 0 Å². The standard InChI is InChI=1S/C10H12N4OS/c1-8-6-9(11-7-16)13-10(12-8)14-2-4-15-5-3-14/h6H,2-5H2,1H3. The number of nitrogens with zero attached hydrogens (tertiary/aromatic N) is 4. The van der Waals surface area contributed by atoms with Crippen molar-refractivity contribution in [1.82, 2.24) is 9.97 Å². The summed E-state index contributed by atoms with van der Waals surface area (Å²) in [4.78, 5) is 14.6. The molecule has 6 heteroatoms. The van der Waals surface area contributed by atoms with E-state index in [-0.39, 0.29) is 0 Å². The number of isothiocyanates is 1. The van der Waals surface area contributed by atoms with E-state index in [1.807, 2.05) is 6.92 Å². The van der Waals surface area contributed by atoms with Gasteiger partial charge < -0.3 is 9.64 Å². The lowest BCUT2D eigenvalue weighted by atomic mass is 10.4. The van der Waals surface area contributed by atoms with Gasteiger partial charge in [0.25, 0.3) is 0 Å². The summed E-state index contributed by atoms with van der Waals surface area (Å²) in [6.45, 7) is 4.95. The molecule has 0 aliphatic carbocycles. The number of ether oxygens (including phenoxy) is 1. The molecule has 2 rings (SSSR count). The number of morpholine rings is 1. The van der Waals surface area contributed by atoms with Gasteiger partial charge in [0.15, 0.2) is 5.82 Å². The summed E-state index contributed by atoms with van der Waals surface area (Å²) in [6, 6.07) is 1.78. The first-order valence-electron chi connectivity index (χ1n) is 5.06. The van der Waals surface area contributed by atoms with Crippen LogP contribution in [0.4, 0.5) is 11.8 Å². The minimum atomic E-state index is 0.559. The molecule has 1 aromatic rings. The van der Waals surface area contributed by atoms with Crippen molar-refractivity contribution in [3.05, 3.63) is 11.8 Å². The average molecular weight is 236 g/mol. The van der Waals surface area contributed by atoms with Gasteiger partial charge in [-0.15, -0.1) is 0 Å². The lowest BCUT2D eigenvalue weighted by Gasteiger charge is -2.26. The summed E-state index contributed by atoms with van der Waals surface area (Å²) in [6.07, 6.45) is 0. The number of anilines is 1. The molecular formula is C10H12N4OS. The number of hydrogen-bond acceptors (Lipinski definition) is 6. The van der Waals surface area contributed by atoms with Crippen molar-refractivity contribution in [3.8, 4) is 0 Å². The average Bonchev–Trinajstić information content (AvgIpc) is 2.30. The highest BCUT2D eigenvalue weighted by Crippen LogP contribution is 2.16. The third kappa shape index (κ3) is 2.61. The Labute approximate surface area is 99.2 Å². The number of aromatic nitrogens is 2. The van der Waals surface area contributed by atoms with Crippen molar-refractivity contribution < 1.29 is 4.74 Å². The summed E-state index contributed by atoms with van der Waals surface area (Å²) in [7, 11) is 0. The Morgan fingerprint density at radius 1 is 1.44 bits per heavy atom. The zero-order chi connectivity index (χ0) is 11.4. The molecule has 1 fully saturated rings. The molecule has 0 spiro atoms. The number of rotatable bonds is 2. The van der Waals surface area contributed by atoms with Crippen LogP contribution in [0.2, 0.25) is 0 Å². The van der Waals surface area contributed by atoms with E-state index >= 15 is 0 Å². The molecule has 1 saturated heterocycles.